The maximum absolute atomic E-state index is 14.3. The molecule has 1 atom stereocenters. The summed E-state index contributed by atoms with van der Waals surface area (Å²) in [6, 6.07) is 4.28. The Bertz CT molecular complexity index is 1150. The van der Waals surface area contributed by atoms with Crippen LogP contribution < -0.4 is 15.5 Å². The van der Waals surface area contributed by atoms with Crippen LogP contribution in [0.4, 0.5) is 8.78 Å². The molecule has 0 bridgehead atoms. The quantitative estimate of drug-likeness (QED) is 0.633. The Labute approximate surface area is 171 Å². The zero-order valence-corrected chi connectivity index (χ0v) is 16.7. The van der Waals surface area contributed by atoms with Crippen molar-refractivity contribution in [3.05, 3.63) is 63.8 Å². The van der Waals surface area contributed by atoms with Gasteiger partial charge in [0.05, 0.1) is 24.3 Å². The fourth-order valence-electron chi connectivity index (χ4n) is 3.61. The van der Waals surface area contributed by atoms with Crippen molar-refractivity contribution in [2.24, 2.45) is 0 Å². The molecule has 8 heteroatoms. The van der Waals surface area contributed by atoms with E-state index in [1.54, 1.807) is 16.9 Å². The number of nitrogens with zero attached hydrogens (tertiary/aromatic N) is 1. The Kier molecular flexibility index (Phi) is 5.32. The lowest BCUT2D eigenvalue weighted by atomic mass is 10.1. The number of carbonyl (C=O) groups is 1. The first-order valence-corrected chi connectivity index (χ1v) is 9.84. The lowest BCUT2D eigenvalue weighted by Crippen LogP contribution is -2.36. The summed E-state index contributed by atoms with van der Waals surface area (Å²) in [6.07, 6.45) is 5.92. The number of amides is 1. The van der Waals surface area contributed by atoms with Crippen LogP contribution in [0.15, 0.2) is 39.9 Å². The van der Waals surface area contributed by atoms with E-state index >= 15 is 0 Å². The first-order valence-electron chi connectivity index (χ1n) is 9.84. The molecule has 1 aliphatic carbocycles. The maximum atomic E-state index is 14.3. The number of aryl methyl sites for hydroxylation is 1. The maximum Gasteiger partial charge on any atom is 0.256 e. The summed E-state index contributed by atoms with van der Waals surface area (Å²) in [5, 5.41) is 2.74. The summed E-state index contributed by atoms with van der Waals surface area (Å²) in [4.78, 5) is 25.8. The van der Waals surface area contributed by atoms with E-state index in [-0.39, 0.29) is 34.3 Å². The van der Waals surface area contributed by atoms with Crippen LogP contribution in [0.2, 0.25) is 0 Å². The van der Waals surface area contributed by atoms with Crippen LogP contribution >= 0.6 is 0 Å². The van der Waals surface area contributed by atoms with Crippen LogP contribution in [-0.4, -0.2) is 23.6 Å². The second-order valence-electron chi connectivity index (χ2n) is 7.60. The normalized spacial score (nSPS) is 14.7. The van der Waals surface area contributed by atoms with E-state index in [1.165, 1.54) is 13.3 Å². The van der Waals surface area contributed by atoms with Gasteiger partial charge in [-0.15, -0.1) is 0 Å². The van der Waals surface area contributed by atoms with E-state index in [0.717, 1.165) is 24.7 Å². The third-order valence-electron chi connectivity index (χ3n) is 5.34. The number of carbonyl (C=O) groups excluding carboxylic acids is 1. The van der Waals surface area contributed by atoms with Crippen LogP contribution in [0.3, 0.4) is 0 Å². The standard InChI is InChI=1S/C22H22F2N2O4/c1-12(5-8-14-4-3-9-30-14)25-22(28)16-11-26(13-6-7-13)19-15(20(16)27)10-17(23)18(24)21(19)29-2/h3-4,9-13H,5-8H2,1-2H3,(H,25,28). The highest BCUT2D eigenvalue weighted by molar-refractivity contribution is 5.98. The SMILES string of the molecule is COc1c(F)c(F)cc2c(=O)c(C(=O)NC(C)CCc3ccco3)cn(C3CC3)c12. The first-order chi connectivity index (χ1) is 14.4. The summed E-state index contributed by atoms with van der Waals surface area (Å²) in [5.41, 5.74) is -0.589. The molecule has 1 amide bonds. The molecule has 4 rings (SSSR count). The number of halogens is 2. The van der Waals surface area contributed by atoms with E-state index in [9.17, 15) is 18.4 Å². The van der Waals surface area contributed by atoms with Gasteiger partial charge in [0.2, 0.25) is 11.2 Å². The summed E-state index contributed by atoms with van der Waals surface area (Å²) >= 11 is 0. The topological polar surface area (TPSA) is 73.5 Å². The van der Waals surface area contributed by atoms with Gasteiger partial charge in [0.1, 0.15) is 11.3 Å². The number of benzene rings is 1. The molecule has 0 aliphatic heterocycles. The zero-order valence-electron chi connectivity index (χ0n) is 16.7. The van der Waals surface area contributed by atoms with Crippen molar-refractivity contribution in [2.75, 3.05) is 7.11 Å². The molecule has 2 aromatic heterocycles. The van der Waals surface area contributed by atoms with Crippen molar-refractivity contribution in [3.63, 3.8) is 0 Å². The van der Waals surface area contributed by atoms with E-state index in [1.807, 2.05) is 13.0 Å². The molecule has 0 saturated heterocycles. The van der Waals surface area contributed by atoms with Gasteiger partial charge >= 0.3 is 0 Å². The molecular weight excluding hydrogens is 394 g/mol. The summed E-state index contributed by atoms with van der Waals surface area (Å²) in [6.45, 7) is 1.83. The molecule has 0 spiro atoms. The molecule has 1 fully saturated rings. The highest BCUT2D eigenvalue weighted by atomic mass is 19.2. The fourth-order valence-corrected chi connectivity index (χ4v) is 3.61. The zero-order chi connectivity index (χ0) is 21.4. The smallest absolute Gasteiger partial charge is 0.256 e. The van der Waals surface area contributed by atoms with E-state index in [2.05, 4.69) is 5.32 Å². The van der Waals surface area contributed by atoms with E-state index in [0.29, 0.717) is 12.8 Å². The number of hydrogen-bond donors (Lipinski definition) is 1. The van der Waals surface area contributed by atoms with Crippen molar-refractivity contribution in [3.8, 4) is 5.75 Å². The highest BCUT2D eigenvalue weighted by Crippen LogP contribution is 2.40. The molecule has 0 radical (unpaired) electrons. The van der Waals surface area contributed by atoms with Gasteiger partial charge in [0, 0.05) is 24.7 Å². The van der Waals surface area contributed by atoms with Crippen LogP contribution in [0.1, 0.15) is 48.3 Å². The minimum Gasteiger partial charge on any atom is -0.491 e. The lowest BCUT2D eigenvalue weighted by molar-refractivity contribution is 0.0936. The highest BCUT2D eigenvalue weighted by Gasteiger charge is 2.30. The molecule has 30 heavy (non-hydrogen) atoms. The number of aromatic nitrogens is 1. The predicted octanol–water partition coefficient (Wildman–Crippen LogP) is 3.97. The van der Waals surface area contributed by atoms with Crippen LogP contribution in [0, 0.1) is 11.6 Å². The first kappa shape index (κ1) is 20.1. The molecular formula is C22H22F2N2O4. The third kappa shape index (κ3) is 3.69. The van der Waals surface area contributed by atoms with Crippen molar-refractivity contribution in [1.29, 1.82) is 0 Å². The van der Waals surface area contributed by atoms with Gasteiger partial charge in [0.15, 0.2) is 11.6 Å². The average Bonchev–Trinajstić information content (AvgIpc) is 3.43. The Morgan fingerprint density at radius 1 is 1.40 bits per heavy atom. The predicted molar refractivity (Wildman–Crippen MR) is 107 cm³/mol. The van der Waals surface area contributed by atoms with Gasteiger partial charge in [-0.1, -0.05) is 0 Å². The Balaban J connectivity index is 1.69. The van der Waals surface area contributed by atoms with Gasteiger partial charge in [-0.25, -0.2) is 4.39 Å². The molecule has 1 saturated carbocycles. The van der Waals surface area contributed by atoms with Gasteiger partial charge in [-0.05, 0) is 44.4 Å². The lowest BCUT2D eigenvalue weighted by Gasteiger charge is -2.17. The van der Waals surface area contributed by atoms with E-state index in [4.69, 9.17) is 9.15 Å². The van der Waals surface area contributed by atoms with Gasteiger partial charge < -0.3 is 19.0 Å². The minimum absolute atomic E-state index is 0.00906. The largest absolute Gasteiger partial charge is 0.491 e. The van der Waals surface area contributed by atoms with Gasteiger partial charge in [0.25, 0.3) is 5.91 Å². The van der Waals surface area contributed by atoms with Crippen molar-refractivity contribution in [1.82, 2.24) is 9.88 Å². The third-order valence-corrected chi connectivity index (χ3v) is 5.34. The number of furan rings is 1. The number of ether oxygens (including phenoxy) is 1. The Morgan fingerprint density at radius 2 is 2.17 bits per heavy atom. The Hall–Kier alpha value is -3.16. The van der Waals surface area contributed by atoms with Gasteiger partial charge in [-0.3, -0.25) is 9.59 Å². The van der Waals surface area contributed by atoms with Crippen molar-refractivity contribution >= 4 is 16.8 Å². The number of hydrogen-bond acceptors (Lipinski definition) is 4. The number of methoxy groups -OCH3 is 1. The number of nitrogens with one attached hydrogen (secondary N) is 1. The van der Waals surface area contributed by atoms with Crippen molar-refractivity contribution < 1.29 is 22.7 Å². The van der Waals surface area contributed by atoms with Crippen LogP contribution in [0.25, 0.3) is 10.9 Å². The fraction of sp³-hybridized carbons (Fsp3) is 0.364. The Morgan fingerprint density at radius 3 is 2.80 bits per heavy atom. The number of pyridine rings is 1. The molecule has 1 aliphatic rings. The average molecular weight is 416 g/mol. The summed E-state index contributed by atoms with van der Waals surface area (Å²) in [7, 11) is 1.22. The molecule has 3 aromatic rings. The second kappa shape index (κ2) is 7.93. The molecule has 1 N–H and O–H groups in total. The molecule has 158 valence electrons. The molecule has 1 unspecified atom stereocenters. The molecule has 1 aromatic carbocycles. The summed E-state index contributed by atoms with van der Waals surface area (Å²) in [5.74, 6) is -2.41. The molecule has 2 heterocycles. The summed E-state index contributed by atoms with van der Waals surface area (Å²) < 4.78 is 40.3. The van der Waals surface area contributed by atoms with Crippen molar-refractivity contribution in [2.45, 2.75) is 44.7 Å². The van der Waals surface area contributed by atoms with Crippen LogP contribution in [-0.2, 0) is 6.42 Å². The van der Waals surface area contributed by atoms with E-state index < -0.39 is 23.0 Å². The molecule has 6 nitrogen and oxygen atoms in total. The minimum atomic E-state index is -1.19. The number of rotatable bonds is 7. The van der Waals surface area contributed by atoms with Gasteiger partial charge in [-0.2, -0.15) is 4.39 Å². The second-order valence-corrected chi connectivity index (χ2v) is 7.60. The van der Waals surface area contributed by atoms with Crippen LogP contribution in [0.5, 0.6) is 5.75 Å². The monoisotopic (exact) mass is 416 g/mol. The number of fused-ring (bicyclic) bond motifs is 1.